The maximum Gasteiger partial charge on any atom is 0.0576 e. The Kier molecular flexibility index (Phi) is 5.40. The fourth-order valence-corrected chi connectivity index (χ4v) is 2.59. The van der Waals surface area contributed by atoms with Gasteiger partial charge in [0.1, 0.15) is 0 Å². The van der Waals surface area contributed by atoms with Gasteiger partial charge in [-0.25, -0.2) is 0 Å². The molecule has 1 nitrogen and oxygen atoms in total. The molecule has 100 valence electrons. The van der Waals surface area contributed by atoms with Crippen LogP contribution in [0.4, 0.5) is 0 Å². The standard InChI is InChI=1S/C17H20IN/c1-3-13-5-7-14(8-6-13)17(19-4-2)15-9-11-16(18)12-10-15/h5-12,17,19H,3-4H2,1-2H3. The first-order valence-corrected chi connectivity index (χ1v) is 7.90. The van der Waals surface area contributed by atoms with E-state index in [1.165, 1.54) is 20.3 Å². The molecule has 1 unspecified atom stereocenters. The minimum Gasteiger partial charge on any atom is -0.307 e. The Morgan fingerprint density at radius 2 is 1.42 bits per heavy atom. The minimum absolute atomic E-state index is 0.285. The molecule has 2 rings (SSSR count). The summed E-state index contributed by atoms with van der Waals surface area (Å²) in [4.78, 5) is 0. The molecule has 0 aliphatic rings. The predicted octanol–water partition coefficient (Wildman–Crippen LogP) is 4.55. The highest BCUT2D eigenvalue weighted by molar-refractivity contribution is 14.1. The molecular formula is C17H20IN. The van der Waals surface area contributed by atoms with Gasteiger partial charge in [0, 0.05) is 3.57 Å². The van der Waals surface area contributed by atoms with Crippen molar-refractivity contribution < 1.29 is 0 Å². The summed E-state index contributed by atoms with van der Waals surface area (Å²) in [5, 5.41) is 3.57. The molecule has 2 aromatic rings. The highest BCUT2D eigenvalue weighted by Crippen LogP contribution is 2.23. The SMILES string of the molecule is CCNC(c1ccc(I)cc1)c1ccc(CC)cc1. The van der Waals surface area contributed by atoms with Gasteiger partial charge in [-0.2, -0.15) is 0 Å². The van der Waals surface area contributed by atoms with E-state index >= 15 is 0 Å². The zero-order chi connectivity index (χ0) is 13.7. The van der Waals surface area contributed by atoms with Crippen LogP contribution in [0.5, 0.6) is 0 Å². The van der Waals surface area contributed by atoms with Crippen molar-refractivity contribution in [1.29, 1.82) is 0 Å². The Balaban J connectivity index is 2.30. The summed E-state index contributed by atoms with van der Waals surface area (Å²) in [7, 11) is 0. The van der Waals surface area contributed by atoms with Crippen molar-refractivity contribution >= 4 is 22.6 Å². The van der Waals surface area contributed by atoms with Crippen LogP contribution in [0.3, 0.4) is 0 Å². The molecule has 2 heteroatoms. The molecular weight excluding hydrogens is 345 g/mol. The molecule has 1 N–H and O–H groups in total. The Bertz CT molecular complexity index is 502. The lowest BCUT2D eigenvalue weighted by molar-refractivity contribution is 0.630. The fraction of sp³-hybridized carbons (Fsp3) is 0.294. The second-order valence-corrected chi connectivity index (χ2v) is 5.88. The summed E-state index contributed by atoms with van der Waals surface area (Å²) >= 11 is 2.34. The van der Waals surface area contributed by atoms with Crippen LogP contribution < -0.4 is 5.32 Å². The summed E-state index contributed by atoms with van der Waals surface area (Å²) in [6.07, 6.45) is 1.09. The summed E-state index contributed by atoms with van der Waals surface area (Å²) in [5.74, 6) is 0. The van der Waals surface area contributed by atoms with Gasteiger partial charge < -0.3 is 5.32 Å². The molecule has 0 bridgehead atoms. The van der Waals surface area contributed by atoms with Crippen LogP contribution in [-0.2, 0) is 6.42 Å². The molecule has 0 aliphatic carbocycles. The number of rotatable bonds is 5. The molecule has 1 atom stereocenters. The van der Waals surface area contributed by atoms with Crippen molar-refractivity contribution in [3.05, 3.63) is 68.8 Å². The first kappa shape index (κ1) is 14.5. The van der Waals surface area contributed by atoms with E-state index in [2.05, 4.69) is 90.3 Å². The van der Waals surface area contributed by atoms with Crippen LogP contribution in [0.15, 0.2) is 48.5 Å². The van der Waals surface area contributed by atoms with Gasteiger partial charge in [-0.3, -0.25) is 0 Å². The van der Waals surface area contributed by atoms with Crippen LogP contribution in [0.2, 0.25) is 0 Å². The second kappa shape index (κ2) is 7.06. The third-order valence-corrected chi connectivity index (χ3v) is 4.05. The Labute approximate surface area is 129 Å². The van der Waals surface area contributed by atoms with Gasteiger partial charge in [-0.1, -0.05) is 50.2 Å². The Morgan fingerprint density at radius 1 is 0.895 bits per heavy atom. The number of nitrogens with one attached hydrogen (secondary N) is 1. The number of hydrogen-bond donors (Lipinski definition) is 1. The average molecular weight is 365 g/mol. The maximum atomic E-state index is 3.57. The quantitative estimate of drug-likeness (QED) is 0.767. The van der Waals surface area contributed by atoms with Crippen molar-refractivity contribution in [2.75, 3.05) is 6.54 Å². The van der Waals surface area contributed by atoms with E-state index in [1.807, 2.05) is 0 Å². The van der Waals surface area contributed by atoms with E-state index in [-0.39, 0.29) is 6.04 Å². The zero-order valence-corrected chi connectivity index (χ0v) is 13.6. The highest BCUT2D eigenvalue weighted by Gasteiger charge is 2.12. The minimum atomic E-state index is 0.285. The van der Waals surface area contributed by atoms with E-state index in [1.54, 1.807) is 0 Å². The van der Waals surface area contributed by atoms with Gasteiger partial charge in [0.2, 0.25) is 0 Å². The van der Waals surface area contributed by atoms with Gasteiger partial charge in [0.05, 0.1) is 6.04 Å². The summed E-state index contributed by atoms with van der Waals surface area (Å²) < 4.78 is 1.28. The normalized spacial score (nSPS) is 12.4. The molecule has 2 aromatic carbocycles. The van der Waals surface area contributed by atoms with Crippen molar-refractivity contribution in [3.63, 3.8) is 0 Å². The fourth-order valence-electron chi connectivity index (χ4n) is 2.23. The number of halogens is 1. The molecule has 0 saturated carbocycles. The van der Waals surface area contributed by atoms with E-state index < -0.39 is 0 Å². The maximum absolute atomic E-state index is 3.57. The van der Waals surface area contributed by atoms with Crippen LogP contribution in [0, 0.1) is 3.57 Å². The summed E-state index contributed by atoms with van der Waals surface area (Å²) in [6.45, 7) is 5.31. The lowest BCUT2D eigenvalue weighted by Gasteiger charge is -2.19. The van der Waals surface area contributed by atoms with E-state index in [0.717, 1.165) is 13.0 Å². The summed E-state index contributed by atoms with van der Waals surface area (Å²) in [5.41, 5.74) is 4.05. The van der Waals surface area contributed by atoms with Gasteiger partial charge in [-0.15, -0.1) is 0 Å². The lowest BCUT2D eigenvalue weighted by Crippen LogP contribution is -2.21. The molecule has 19 heavy (non-hydrogen) atoms. The number of aryl methyl sites for hydroxylation is 1. The van der Waals surface area contributed by atoms with Crippen molar-refractivity contribution in [2.24, 2.45) is 0 Å². The first-order valence-electron chi connectivity index (χ1n) is 6.82. The van der Waals surface area contributed by atoms with Crippen molar-refractivity contribution in [1.82, 2.24) is 5.32 Å². The van der Waals surface area contributed by atoms with Crippen molar-refractivity contribution in [2.45, 2.75) is 26.3 Å². The molecule has 0 spiro atoms. The predicted molar refractivity (Wildman–Crippen MR) is 90.5 cm³/mol. The molecule has 0 fully saturated rings. The second-order valence-electron chi connectivity index (χ2n) is 4.64. The van der Waals surface area contributed by atoms with Crippen LogP contribution >= 0.6 is 22.6 Å². The van der Waals surface area contributed by atoms with Crippen LogP contribution in [-0.4, -0.2) is 6.54 Å². The first-order chi connectivity index (χ1) is 9.24. The topological polar surface area (TPSA) is 12.0 Å². The van der Waals surface area contributed by atoms with E-state index in [0.29, 0.717) is 0 Å². The van der Waals surface area contributed by atoms with Crippen molar-refractivity contribution in [3.8, 4) is 0 Å². The monoisotopic (exact) mass is 365 g/mol. The third-order valence-electron chi connectivity index (χ3n) is 3.33. The zero-order valence-electron chi connectivity index (χ0n) is 11.5. The third kappa shape index (κ3) is 3.80. The van der Waals surface area contributed by atoms with Gasteiger partial charge in [-0.05, 0) is 64.4 Å². The van der Waals surface area contributed by atoms with Crippen LogP contribution in [0.25, 0.3) is 0 Å². The molecule has 0 saturated heterocycles. The Morgan fingerprint density at radius 3 is 1.89 bits per heavy atom. The van der Waals surface area contributed by atoms with E-state index in [4.69, 9.17) is 0 Å². The van der Waals surface area contributed by atoms with Gasteiger partial charge in [0.25, 0.3) is 0 Å². The average Bonchev–Trinajstić information content (AvgIpc) is 2.46. The lowest BCUT2D eigenvalue weighted by atomic mass is 9.97. The molecule has 0 heterocycles. The van der Waals surface area contributed by atoms with E-state index in [9.17, 15) is 0 Å². The molecule has 0 amide bonds. The largest absolute Gasteiger partial charge is 0.307 e. The summed E-state index contributed by atoms with van der Waals surface area (Å²) in [6, 6.07) is 18.0. The van der Waals surface area contributed by atoms with Gasteiger partial charge >= 0.3 is 0 Å². The highest BCUT2D eigenvalue weighted by atomic mass is 127. The number of benzene rings is 2. The van der Waals surface area contributed by atoms with Crippen LogP contribution in [0.1, 0.15) is 36.6 Å². The smallest absolute Gasteiger partial charge is 0.0576 e. The van der Waals surface area contributed by atoms with Gasteiger partial charge in [0.15, 0.2) is 0 Å². The molecule has 0 radical (unpaired) electrons. The Hall–Kier alpha value is -0.870. The molecule has 0 aromatic heterocycles. The number of hydrogen-bond acceptors (Lipinski definition) is 1. The molecule has 0 aliphatic heterocycles.